The molecule has 2 nitrogen and oxygen atoms in total. The molecule has 0 saturated heterocycles. The smallest absolute Gasteiger partial charge is 0.223 e. The van der Waals surface area contributed by atoms with Crippen LogP contribution in [0.4, 0.5) is 0 Å². The number of hydrogen-bond donors (Lipinski definition) is 1. The zero-order chi connectivity index (χ0) is 13.7. The van der Waals surface area contributed by atoms with Gasteiger partial charge < -0.3 is 5.32 Å². The van der Waals surface area contributed by atoms with Crippen LogP contribution >= 0.6 is 11.6 Å². The minimum atomic E-state index is 0.193. The van der Waals surface area contributed by atoms with E-state index >= 15 is 0 Å². The number of nitrogens with one attached hydrogen (secondary N) is 1. The second-order valence-electron chi connectivity index (χ2n) is 7.93. The molecule has 0 radical (unpaired) electrons. The highest BCUT2D eigenvalue weighted by atomic mass is 35.5. The van der Waals surface area contributed by atoms with Crippen molar-refractivity contribution in [1.29, 1.82) is 0 Å². The van der Waals surface area contributed by atoms with Crippen LogP contribution in [0.5, 0.6) is 0 Å². The van der Waals surface area contributed by atoms with Gasteiger partial charge in [-0.2, -0.15) is 0 Å². The van der Waals surface area contributed by atoms with Gasteiger partial charge in [-0.15, -0.1) is 11.6 Å². The van der Waals surface area contributed by atoms with Gasteiger partial charge in [-0.1, -0.05) is 19.3 Å². The Balaban J connectivity index is 1.33. The van der Waals surface area contributed by atoms with E-state index in [2.05, 4.69) is 5.32 Å². The average molecular weight is 296 g/mol. The maximum Gasteiger partial charge on any atom is 0.223 e. The van der Waals surface area contributed by atoms with Gasteiger partial charge in [0, 0.05) is 23.8 Å². The molecule has 4 aliphatic rings. The minimum Gasteiger partial charge on any atom is -0.355 e. The Labute approximate surface area is 127 Å². The summed E-state index contributed by atoms with van der Waals surface area (Å²) in [4.78, 5) is 12.5. The van der Waals surface area contributed by atoms with Crippen LogP contribution in [0.2, 0.25) is 0 Å². The molecule has 0 aromatic heterocycles. The third-order valence-corrected chi connectivity index (χ3v) is 7.44. The van der Waals surface area contributed by atoms with Gasteiger partial charge in [0.05, 0.1) is 0 Å². The molecular formula is C17H26ClNO. The van der Waals surface area contributed by atoms with Crippen LogP contribution < -0.4 is 5.32 Å². The molecule has 4 saturated carbocycles. The molecular weight excluding hydrogens is 270 g/mol. The number of fused-ring (bicyclic) bond motifs is 5. The Hall–Kier alpha value is -0.240. The molecule has 4 aliphatic carbocycles. The maximum atomic E-state index is 12.5. The van der Waals surface area contributed by atoms with Gasteiger partial charge in [0.1, 0.15) is 0 Å². The van der Waals surface area contributed by atoms with E-state index in [0.29, 0.717) is 17.7 Å². The number of amides is 1. The quantitative estimate of drug-likeness (QED) is 0.789. The van der Waals surface area contributed by atoms with E-state index in [1.807, 2.05) is 0 Å². The molecule has 1 amide bonds. The normalized spacial score (nSPS) is 44.1. The largest absolute Gasteiger partial charge is 0.355 e. The average Bonchev–Trinajstić information content (AvgIpc) is 2.94. The van der Waals surface area contributed by atoms with E-state index in [4.69, 9.17) is 11.6 Å². The summed E-state index contributed by atoms with van der Waals surface area (Å²) in [5.74, 6) is 4.72. The molecule has 20 heavy (non-hydrogen) atoms. The van der Waals surface area contributed by atoms with Crippen molar-refractivity contribution in [3.63, 3.8) is 0 Å². The predicted molar refractivity (Wildman–Crippen MR) is 80.5 cm³/mol. The molecule has 0 aliphatic heterocycles. The summed E-state index contributed by atoms with van der Waals surface area (Å²) < 4.78 is 0. The highest BCUT2D eigenvalue weighted by Gasteiger charge is 2.67. The number of carbonyl (C=O) groups excluding carboxylic acids is 1. The standard InChI is InChI=1S/C17H26ClNO/c18-9-17(6-2-1-3-7-17)10-19-16(20)15-13-11-4-5-12(8-11)14(13)15/h11-15H,1-10H2,(H,19,20). The van der Waals surface area contributed by atoms with Crippen molar-refractivity contribution in [2.24, 2.45) is 35.0 Å². The van der Waals surface area contributed by atoms with Gasteiger partial charge in [0.25, 0.3) is 0 Å². The lowest BCUT2D eigenvalue weighted by Crippen LogP contribution is -2.41. The third kappa shape index (κ3) is 2.01. The zero-order valence-electron chi connectivity index (χ0n) is 12.2. The summed E-state index contributed by atoms with van der Waals surface area (Å²) in [5.41, 5.74) is 0.193. The molecule has 1 N–H and O–H groups in total. The summed E-state index contributed by atoms with van der Waals surface area (Å²) in [7, 11) is 0. The maximum absolute atomic E-state index is 12.5. The van der Waals surface area contributed by atoms with Gasteiger partial charge in [-0.05, 0) is 55.8 Å². The van der Waals surface area contributed by atoms with Crippen LogP contribution in [0, 0.1) is 35.0 Å². The summed E-state index contributed by atoms with van der Waals surface area (Å²) in [6.07, 6.45) is 10.5. The van der Waals surface area contributed by atoms with E-state index in [-0.39, 0.29) is 5.41 Å². The van der Waals surface area contributed by atoms with E-state index < -0.39 is 0 Å². The summed E-state index contributed by atoms with van der Waals surface area (Å²) >= 11 is 6.22. The van der Waals surface area contributed by atoms with Crippen molar-refractivity contribution < 1.29 is 4.79 Å². The predicted octanol–water partition coefficient (Wildman–Crippen LogP) is 3.58. The van der Waals surface area contributed by atoms with Crippen molar-refractivity contribution in [3.8, 4) is 0 Å². The highest BCUT2D eigenvalue weighted by Crippen LogP contribution is 2.69. The molecule has 4 atom stereocenters. The monoisotopic (exact) mass is 295 g/mol. The highest BCUT2D eigenvalue weighted by molar-refractivity contribution is 6.18. The molecule has 0 spiro atoms. The fourth-order valence-electron chi connectivity index (χ4n) is 5.73. The van der Waals surface area contributed by atoms with E-state index in [1.54, 1.807) is 0 Å². The topological polar surface area (TPSA) is 29.1 Å². The lowest BCUT2D eigenvalue weighted by atomic mass is 9.75. The molecule has 0 heterocycles. The van der Waals surface area contributed by atoms with Gasteiger partial charge in [-0.3, -0.25) is 4.79 Å². The Morgan fingerprint density at radius 3 is 2.35 bits per heavy atom. The van der Waals surface area contributed by atoms with E-state index in [1.165, 1.54) is 51.4 Å². The molecule has 112 valence electrons. The Kier molecular flexibility index (Phi) is 3.29. The van der Waals surface area contributed by atoms with Crippen LogP contribution in [0.15, 0.2) is 0 Å². The third-order valence-electron chi connectivity index (χ3n) is 6.87. The number of alkyl halides is 1. The van der Waals surface area contributed by atoms with Crippen LogP contribution in [-0.2, 0) is 4.79 Å². The van der Waals surface area contributed by atoms with Crippen molar-refractivity contribution in [2.45, 2.75) is 51.4 Å². The van der Waals surface area contributed by atoms with Crippen molar-refractivity contribution in [2.75, 3.05) is 12.4 Å². The molecule has 0 aromatic rings. The molecule has 4 rings (SSSR count). The lowest BCUT2D eigenvalue weighted by Gasteiger charge is -2.35. The second kappa shape index (κ2) is 4.90. The molecule has 0 aromatic carbocycles. The second-order valence-corrected chi connectivity index (χ2v) is 8.19. The van der Waals surface area contributed by atoms with Gasteiger partial charge in [-0.25, -0.2) is 0 Å². The SMILES string of the molecule is O=C(NCC1(CCl)CCCCC1)C1C2C3CCC(C3)C12. The first-order valence-electron chi connectivity index (χ1n) is 8.58. The van der Waals surface area contributed by atoms with Gasteiger partial charge in [0.15, 0.2) is 0 Å². The van der Waals surface area contributed by atoms with Crippen molar-refractivity contribution in [1.82, 2.24) is 5.32 Å². The van der Waals surface area contributed by atoms with Gasteiger partial charge >= 0.3 is 0 Å². The first kappa shape index (κ1) is 13.4. The first-order valence-corrected chi connectivity index (χ1v) is 9.11. The van der Waals surface area contributed by atoms with Crippen LogP contribution in [0.3, 0.4) is 0 Å². The fraction of sp³-hybridized carbons (Fsp3) is 0.941. The van der Waals surface area contributed by atoms with Crippen LogP contribution in [0.25, 0.3) is 0 Å². The van der Waals surface area contributed by atoms with E-state index in [9.17, 15) is 4.79 Å². The lowest BCUT2D eigenvalue weighted by molar-refractivity contribution is -0.123. The fourth-order valence-corrected chi connectivity index (χ4v) is 6.09. The van der Waals surface area contributed by atoms with Crippen LogP contribution in [-0.4, -0.2) is 18.3 Å². The van der Waals surface area contributed by atoms with E-state index in [0.717, 1.165) is 30.2 Å². The molecule has 4 unspecified atom stereocenters. The summed E-state index contributed by atoms with van der Waals surface area (Å²) in [5, 5.41) is 3.28. The molecule has 3 heteroatoms. The molecule has 2 bridgehead atoms. The zero-order valence-corrected chi connectivity index (χ0v) is 13.0. The Bertz CT molecular complexity index is 388. The Morgan fingerprint density at radius 1 is 1.10 bits per heavy atom. The molecule has 4 fully saturated rings. The number of carbonyl (C=O) groups is 1. The number of rotatable bonds is 4. The summed E-state index contributed by atoms with van der Waals surface area (Å²) in [6, 6.07) is 0. The van der Waals surface area contributed by atoms with Crippen molar-refractivity contribution >= 4 is 17.5 Å². The Morgan fingerprint density at radius 2 is 1.75 bits per heavy atom. The van der Waals surface area contributed by atoms with Crippen LogP contribution in [0.1, 0.15) is 51.4 Å². The minimum absolute atomic E-state index is 0.193. The first-order chi connectivity index (χ1) is 9.74. The van der Waals surface area contributed by atoms with Gasteiger partial charge in [0.2, 0.25) is 5.91 Å². The summed E-state index contributed by atoms with van der Waals surface area (Å²) in [6.45, 7) is 0.820. The van der Waals surface area contributed by atoms with Crippen molar-refractivity contribution in [3.05, 3.63) is 0 Å². The number of hydrogen-bond acceptors (Lipinski definition) is 1. The number of halogens is 1.